The maximum atomic E-state index is 13.1. The monoisotopic (exact) mass is 1500 g/mol. The van der Waals surface area contributed by atoms with Crippen LogP contribution in [0.2, 0.25) is 0 Å². The average molecular weight is 1500 g/mol. The quantitative estimate of drug-likeness (QED) is 0.0169. The zero-order valence-corrected chi connectivity index (χ0v) is 67.5. The lowest BCUT2D eigenvalue weighted by atomic mass is 10.0. The van der Waals surface area contributed by atoms with Gasteiger partial charge < -0.3 is 33.8 Å². The number of phosphoric ester groups is 2. The van der Waals surface area contributed by atoms with E-state index < -0.39 is 97.5 Å². The summed E-state index contributed by atoms with van der Waals surface area (Å²) in [6.07, 6.45) is 83.6. The Balaban J connectivity index is 5.42. The molecule has 0 radical (unpaired) electrons. The van der Waals surface area contributed by atoms with Gasteiger partial charge in [-0.1, -0.05) is 310 Å². The summed E-state index contributed by atoms with van der Waals surface area (Å²) in [5, 5.41) is 10.6. The van der Waals surface area contributed by atoms with Crippen molar-refractivity contribution in [3.05, 3.63) is 109 Å². The van der Waals surface area contributed by atoms with Crippen LogP contribution >= 0.6 is 15.6 Å². The van der Waals surface area contributed by atoms with Gasteiger partial charge in [0.2, 0.25) is 0 Å². The Hall–Kier alpha value is -4.28. The molecule has 0 bridgehead atoms. The van der Waals surface area contributed by atoms with E-state index in [9.17, 15) is 43.2 Å². The number of aliphatic hydroxyl groups excluding tert-OH is 1. The fourth-order valence-corrected chi connectivity index (χ4v) is 12.6. The van der Waals surface area contributed by atoms with Crippen LogP contribution in [0.4, 0.5) is 0 Å². The van der Waals surface area contributed by atoms with Crippen LogP contribution in [0.25, 0.3) is 0 Å². The van der Waals surface area contributed by atoms with Gasteiger partial charge in [-0.2, -0.15) is 0 Å². The molecule has 0 saturated heterocycles. The fourth-order valence-electron chi connectivity index (χ4n) is 11.0. The number of carbonyl (C=O) groups is 4. The van der Waals surface area contributed by atoms with Crippen LogP contribution in [0.15, 0.2) is 109 Å². The molecule has 0 fully saturated rings. The molecular formula is C85H148O17P2. The molecule has 0 aliphatic heterocycles. The van der Waals surface area contributed by atoms with Gasteiger partial charge in [-0.15, -0.1) is 0 Å². The highest BCUT2D eigenvalue weighted by Gasteiger charge is 2.30. The first-order valence-electron chi connectivity index (χ1n) is 41.1. The Morgan fingerprint density at radius 2 is 0.519 bits per heavy atom. The summed E-state index contributed by atoms with van der Waals surface area (Å²) in [4.78, 5) is 73.0. The van der Waals surface area contributed by atoms with Gasteiger partial charge in [-0.3, -0.25) is 37.3 Å². The number of carbonyl (C=O) groups excluding carboxylic acids is 4. The molecule has 0 spiro atoms. The Kier molecular flexibility index (Phi) is 73.7. The Labute approximate surface area is 632 Å². The molecule has 0 amide bonds. The number of phosphoric acid groups is 2. The predicted octanol–water partition coefficient (Wildman–Crippen LogP) is 24.1. The number of rotatable bonds is 77. The van der Waals surface area contributed by atoms with Crippen molar-refractivity contribution in [1.29, 1.82) is 0 Å². The third kappa shape index (κ3) is 75.9. The Morgan fingerprint density at radius 1 is 0.279 bits per heavy atom. The largest absolute Gasteiger partial charge is 0.472 e. The number of unbranched alkanes of at least 4 members (excludes halogenated alkanes) is 33. The fraction of sp³-hybridized carbons (Fsp3) is 0.741. The van der Waals surface area contributed by atoms with Gasteiger partial charge in [0.05, 0.1) is 26.4 Å². The lowest BCUT2D eigenvalue weighted by molar-refractivity contribution is -0.161. The van der Waals surface area contributed by atoms with Gasteiger partial charge in [-0.25, -0.2) is 9.13 Å². The summed E-state index contributed by atoms with van der Waals surface area (Å²) in [5.41, 5.74) is 0. The summed E-state index contributed by atoms with van der Waals surface area (Å²) < 4.78 is 68.6. The SMILES string of the molecule is CC/C=C\C/C=C\C/C=C\C/C=C\C/C=C\C/C=C\CCC(=O)OCC(COP(=O)(O)OCC(O)COP(=O)(O)OCC(COC(=O)CCCCCCC/C=C\C/C=C\CCCCC)OC(=O)CCCCCCCCCCCCCCCCC)OC(=O)CCCCCCC/C=C\CCCCCCCC. The third-order valence-corrected chi connectivity index (χ3v) is 19.1. The molecule has 0 aliphatic rings. The summed E-state index contributed by atoms with van der Waals surface area (Å²) in [7, 11) is -9.98. The third-order valence-electron chi connectivity index (χ3n) is 17.2. The van der Waals surface area contributed by atoms with Crippen molar-refractivity contribution in [2.75, 3.05) is 39.6 Å². The van der Waals surface area contributed by atoms with E-state index >= 15 is 0 Å². The van der Waals surface area contributed by atoms with Gasteiger partial charge >= 0.3 is 39.5 Å². The number of allylic oxidation sites excluding steroid dienone is 18. The molecule has 3 N–H and O–H groups in total. The van der Waals surface area contributed by atoms with Crippen molar-refractivity contribution in [3.8, 4) is 0 Å². The second-order valence-corrected chi connectivity index (χ2v) is 30.2. The van der Waals surface area contributed by atoms with Crippen molar-refractivity contribution in [2.24, 2.45) is 0 Å². The lowest BCUT2D eigenvalue weighted by Crippen LogP contribution is -2.30. The minimum atomic E-state index is -5.00. The van der Waals surface area contributed by atoms with Crippen molar-refractivity contribution in [3.63, 3.8) is 0 Å². The first-order chi connectivity index (χ1) is 50.7. The van der Waals surface area contributed by atoms with Crippen LogP contribution in [0.3, 0.4) is 0 Å². The van der Waals surface area contributed by atoms with Gasteiger partial charge in [0.1, 0.15) is 19.3 Å². The number of ether oxygens (including phenoxy) is 4. The van der Waals surface area contributed by atoms with E-state index in [1.807, 2.05) is 18.2 Å². The average Bonchev–Trinajstić information content (AvgIpc) is 0.918. The first kappa shape index (κ1) is 99.7. The van der Waals surface area contributed by atoms with E-state index in [1.54, 1.807) is 0 Å². The van der Waals surface area contributed by atoms with E-state index in [0.717, 1.165) is 141 Å². The molecule has 0 aliphatic carbocycles. The van der Waals surface area contributed by atoms with Gasteiger partial charge in [0.25, 0.3) is 0 Å². The maximum Gasteiger partial charge on any atom is 0.472 e. The molecule has 104 heavy (non-hydrogen) atoms. The van der Waals surface area contributed by atoms with Crippen LogP contribution in [0, 0.1) is 0 Å². The molecular weight excluding hydrogens is 1350 g/mol. The van der Waals surface area contributed by atoms with Crippen molar-refractivity contribution in [1.82, 2.24) is 0 Å². The second kappa shape index (κ2) is 76.9. The second-order valence-electron chi connectivity index (χ2n) is 27.3. The lowest BCUT2D eigenvalue weighted by Gasteiger charge is -2.21. The van der Waals surface area contributed by atoms with Crippen molar-refractivity contribution >= 4 is 39.5 Å². The van der Waals surface area contributed by atoms with Crippen LogP contribution in [-0.4, -0.2) is 96.7 Å². The van der Waals surface area contributed by atoms with E-state index in [4.69, 9.17) is 37.0 Å². The van der Waals surface area contributed by atoms with Crippen molar-refractivity contribution < 1.29 is 80.2 Å². The van der Waals surface area contributed by atoms with Gasteiger partial charge in [0, 0.05) is 25.7 Å². The Bertz CT molecular complexity index is 2390. The topological polar surface area (TPSA) is 237 Å². The van der Waals surface area contributed by atoms with Crippen molar-refractivity contribution in [2.45, 2.75) is 367 Å². The molecule has 600 valence electrons. The zero-order chi connectivity index (χ0) is 76.0. The highest BCUT2D eigenvalue weighted by Crippen LogP contribution is 2.45. The number of aliphatic hydroxyl groups is 1. The minimum absolute atomic E-state index is 0.0342. The molecule has 0 aromatic carbocycles. The van der Waals surface area contributed by atoms with E-state index in [2.05, 4.69) is 119 Å². The molecule has 5 unspecified atom stereocenters. The number of hydrogen-bond donors (Lipinski definition) is 3. The maximum absolute atomic E-state index is 13.1. The molecule has 17 nitrogen and oxygen atoms in total. The number of hydrogen-bond acceptors (Lipinski definition) is 15. The first-order valence-corrected chi connectivity index (χ1v) is 44.1. The molecule has 0 heterocycles. The highest BCUT2D eigenvalue weighted by atomic mass is 31.2. The van der Waals surface area contributed by atoms with Crippen LogP contribution < -0.4 is 0 Å². The summed E-state index contributed by atoms with van der Waals surface area (Å²) in [5.74, 6) is -2.28. The van der Waals surface area contributed by atoms with E-state index in [-0.39, 0.29) is 25.7 Å². The molecule has 0 saturated carbocycles. The van der Waals surface area contributed by atoms with E-state index in [1.165, 1.54) is 122 Å². The summed E-state index contributed by atoms with van der Waals surface area (Å²) in [6.45, 7) is 4.67. The smallest absolute Gasteiger partial charge is 0.462 e. The molecule has 5 atom stereocenters. The van der Waals surface area contributed by atoms with E-state index in [0.29, 0.717) is 32.1 Å². The zero-order valence-electron chi connectivity index (χ0n) is 65.7. The summed E-state index contributed by atoms with van der Waals surface area (Å²) in [6, 6.07) is 0. The molecule has 0 rings (SSSR count). The molecule has 19 heteroatoms. The van der Waals surface area contributed by atoms with Gasteiger partial charge in [0.15, 0.2) is 12.2 Å². The van der Waals surface area contributed by atoms with Crippen LogP contribution in [-0.2, 0) is 65.4 Å². The predicted molar refractivity (Wildman–Crippen MR) is 427 cm³/mol. The molecule has 0 aromatic heterocycles. The molecule has 0 aromatic rings. The van der Waals surface area contributed by atoms with Crippen LogP contribution in [0.1, 0.15) is 349 Å². The highest BCUT2D eigenvalue weighted by molar-refractivity contribution is 7.47. The van der Waals surface area contributed by atoms with Crippen LogP contribution in [0.5, 0.6) is 0 Å². The normalized spacial score (nSPS) is 14.4. The summed E-state index contributed by atoms with van der Waals surface area (Å²) >= 11 is 0. The minimum Gasteiger partial charge on any atom is -0.462 e. The number of esters is 4. The van der Waals surface area contributed by atoms with Gasteiger partial charge in [-0.05, 0) is 122 Å². The standard InChI is InChI=1S/C85H148O17P2/c1-5-9-13-17-21-25-29-33-37-38-39-40-44-46-50-54-58-62-66-70-83(88)96-76-81(102-85(90)72-68-64-60-56-52-48-43-36-32-28-24-20-16-12-8-4)78-100-104(93,94)98-74-79(86)73-97-103(91,92)99-77-80(101-84(89)71-67-63-59-55-51-47-42-35-31-27-23-19-15-11-7-3)75-95-82(87)69-65-61-57-53-49-45-41-34-30-26-22-18-14-10-6-2/h9,13,21-22,25-26,33-34,36-37,39-41,43,46,50,58,62,79-81,86H,5-8,10-12,14-20,23-24,27-32,35,38,42,44-45,47-49,51-57,59-61,63-78H2,1-4H3,(H,91,92)(H,93,94)/b13-9-,25-21-,26-22-,37-33-,40-39-,41-34-,43-36-,50-46-,62-58-. The Morgan fingerprint density at radius 3 is 0.856 bits per heavy atom.